The number of hydrogen-bond donors (Lipinski definition) is 4. The van der Waals surface area contributed by atoms with E-state index in [0.717, 1.165) is 38.5 Å². The molecule has 4 N–H and O–H groups in total. The third-order valence-corrected chi connectivity index (χ3v) is 4.15. The van der Waals surface area contributed by atoms with Gasteiger partial charge in [-0.2, -0.15) is 0 Å². The highest BCUT2D eigenvalue weighted by Crippen LogP contribution is 2.27. The first kappa shape index (κ1) is 18.1. The molecular weight excluding hydrogens is 310 g/mol. The van der Waals surface area contributed by atoms with Gasteiger partial charge in [-0.3, -0.25) is 0 Å². The molecule has 0 radical (unpaired) electrons. The van der Waals surface area contributed by atoms with E-state index < -0.39 is 17.6 Å². The van der Waals surface area contributed by atoms with Gasteiger partial charge in [-0.25, -0.2) is 9.59 Å². The highest BCUT2D eigenvalue weighted by atomic mass is 16.4. The Morgan fingerprint density at radius 2 is 1.79 bits per heavy atom. The lowest BCUT2D eigenvalue weighted by Gasteiger charge is -2.25. The molecule has 1 saturated heterocycles. The number of aliphatic hydroxyl groups is 1. The molecule has 1 fully saturated rings. The summed E-state index contributed by atoms with van der Waals surface area (Å²) >= 11 is 0. The lowest BCUT2D eigenvalue weighted by atomic mass is 10.1. The highest BCUT2D eigenvalue weighted by molar-refractivity contribution is 5.93. The van der Waals surface area contributed by atoms with Gasteiger partial charge in [0.2, 0.25) is 0 Å². The summed E-state index contributed by atoms with van der Waals surface area (Å²) < 4.78 is 0. The van der Waals surface area contributed by atoms with Gasteiger partial charge in [0.1, 0.15) is 0 Å². The quantitative estimate of drug-likeness (QED) is 0.659. The van der Waals surface area contributed by atoms with Crippen LogP contribution < -0.4 is 15.5 Å². The van der Waals surface area contributed by atoms with Crippen molar-refractivity contribution in [2.75, 3.05) is 29.9 Å². The van der Waals surface area contributed by atoms with Crippen LogP contribution in [0.25, 0.3) is 0 Å². The summed E-state index contributed by atoms with van der Waals surface area (Å²) in [7, 11) is 0. The molecule has 1 aliphatic rings. The standard InChI is InChI=1S/C17H25N3O4/c1-17(24,15(21)22)12-18-16(23)19-13-8-4-5-9-14(13)20-10-6-2-3-7-11-20/h4-5,8-9,24H,2-3,6-7,10-12H2,1H3,(H,21,22)(H2,18,19,23). The molecule has 7 heteroatoms. The lowest BCUT2D eigenvalue weighted by molar-refractivity contribution is -0.155. The second-order valence-corrected chi connectivity index (χ2v) is 6.31. The molecule has 1 aromatic rings. The Kier molecular flexibility index (Phi) is 6.03. The second kappa shape index (κ2) is 8.01. The summed E-state index contributed by atoms with van der Waals surface area (Å²) in [5.74, 6) is -1.38. The van der Waals surface area contributed by atoms with Crippen LogP contribution in [0.5, 0.6) is 0 Å². The molecule has 0 aromatic heterocycles. The number of amides is 2. The summed E-state index contributed by atoms with van der Waals surface area (Å²) in [6.07, 6.45) is 4.69. The number of carbonyl (C=O) groups excluding carboxylic acids is 1. The molecule has 132 valence electrons. The first-order chi connectivity index (χ1) is 11.4. The summed E-state index contributed by atoms with van der Waals surface area (Å²) in [6.45, 7) is 2.67. The lowest BCUT2D eigenvalue weighted by Crippen LogP contribution is -2.47. The van der Waals surface area contributed by atoms with Gasteiger partial charge in [0, 0.05) is 13.1 Å². The van der Waals surface area contributed by atoms with Gasteiger partial charge in [-0.05, 0) is 31.9 Å². The van der Waals surface area contributed by atoms with Crippen molar-refractivity contribution in [3.05, 3.63) is 24.3 Å². The zero-order valence-corrected chi connectivity index (χ0v) is 13.9. The number of urea groups is 1. The zero-order chi connectivity index (χ0) is 17.6. The van der Waals surface area contributed by atoms with E-state index in [1.165, 1.54) is 12.8 Å². The van der Waals surface area contributed by atoms with E-state index in [2.05, 4.69) is 15.5 Å². The number of carboxylic acid groups (broad SMARTS) is 1. The van der Waals surface area contributed by atoms with E-state index in [4.69, 9.17) is 5.11 Å². The van der Waals surface area contributed by atoms with Crippen molar-refractivity contribution >= 4 is 23.4 Å². The Morgan fingerprint density at radius 1 is 1.17 bits per heavy atom. The van der Waals surface area contributed by atoms with Gasteiger partial charge < -0.3 is 25.7 Å². The second-order valence-electron chi connectivity index (χ2n) is 6.31. The van der Waals surface area contributed by atoms with E-state index in [-0.39, 0.29) is 6.54 Å². The van der Waals surface area contributed by atoms with Crippen LogP contribution in [0.2, 0.25) is 0 Å². The van der Waals surface area contributed by atoms with E-state index in [0.29, 0.717) is 5.69 Å². The number of nitrogens with zero attached hydrogens (tertiary/aromatic N) is 1. The number of carboxylic acids is 1. The summed E-state index contributed by atoms with van der Waals surface area (Å²) in [5, 5.41) is 23.6. The molecule has 1 aromatic carbocycles. The molecule has 7 nitrogen and oxygen atoms in total. The largest absolute Gasteiger partial charge is 0.479 e. The number of rotatable bonds is 5. The Balaban J connectivity index is 2.01. The number of carbonyl (C=O) groups is 2. The minimum atomic E-state index is -2.00. The maximum absolute atomic E-state index is 12.0. The van der Waals surface area contributed by atoms with E-state index >= 15 is 0 Å². The Bertz CT molecular complexity index is 581. The van der Waals surface area contributed by atoms with Gasteiger partial charge in [0.25, 0.3) is 0 Å². The average molecular weight is 335 g/mol. The molecule has 24 heavy (non-hydrogen) atoms. The van der Waals surface area contributed by atoms with Crippen molar-refractivity contribution in [3.8, 4) is 0 Å². The third-order valence-electron chi connectivity index (χ3n) is 4.15. The summed E-state index contributed by atoms with van der Waals surface area (Å²) in [6, 6.07) is 7.01. The average Bonchev–Trinajstić information content (AvgIpc) is 2.82. The van der Waals surface area contributed by atoms with Crippen LogP contribution in [0, 0.1) is 0 Å². The number of para-hydroxylation sites is 2. The number of benzene rings is 1. The zero-order valence-electron chi connectivity index (χ0n) is 13.9. The maximum atomic E-state index is 12.0. The van der Waals surface area contributed by atoms with Crippen LogP contribution in [0.3, 0.4) is 0 Å². The van der Waals surface area contributed by atoms with E-state index in [1.54, 1.807) is 0 Å². The molecule has 0 spiro atoms. The SMILES string of the molecule is CC(O)(CNC(=O)Nc1ccccc1N1CCCCCC1)C(=O)O. The Hall–Kier alpha value is -2.28. The van der Waals surface area contributed by atoms with Crippen molar-refractivity contribution < 1.29 is 19.8 Å². The van der Waals surface area contributed by atoms with Crippen molar-refractivity contribution in [2.24, 2.45) is 0 Å². The summed E-state index contributed by atoms with van der Waals surface area (Å²) in [4.78, 5) is 25.2. The first-order valence-corrected chi connectivity index (χ1v) is 8.25. The highest BCUT2D eigenvalue weighted by Gasteiger charge is 2.30. The number of aliphatic carboxylic acids is 1. The van der Waals surface area contributed by atoms with Gasteiger partial charge >= 0.3 is 12.0 Å². The Labute approximate surface area is 141 Å². The molecular formula is C17H25N3O4. The molecule has 0 bridgehead atoms. The summed E-state index contributed by atoms with van der Waals surface area (Å²) in [5.41, 5.74) is -0.367. The molecule has 0 aliphatic carbocycles. The third kappa shape index (κ3) is 4.86. The van der Waals surface area contributed by atoms with Crippen LogP contribution in [-0.2, 0) is 4.79 Å². The van der Waals surface area contributed by atoms with Crippen molar-refractivity contribution in [1.82, 2.24) is 5.32 Å². The molecule has 1 heterocycles. The van der Waals surface area contributed by atoms with E-state index in [9.17, 15) is 14.7 Å². The molecule has 1 aliphatic heterocycles. The van der Waals surface area contributed by atoms with Crippen molar-refractivity contribution in [3.63, 3.8) is 0 Å². The van der Waals surface area contributed by atoms with Gasteiger partial charge in [-0.1, -0.05) is 25.0 Å². The minimum absolute atomic E-state index is 0.375. The molecule has 2 rings (SSSR count). The van der Waals surface area contributed by atoms with Gasteiger partial charge in [-0.15, -0.1) is 0 Å². The maximum Gasteiger partial charge on any atom is 0.337 e. The Morgan fingerprint density at radius 3 is 2.42 bits per heavy atom. The van der Waals surface area contributed by atoms with Gasteiger partial charge in [0.05, 0.1) is 17.9 Å². The fourth-order valence-corrected chi connectivity index (χ4v) is 2.66. The fraction of sp³-hybridized carbons (Fsp3) is 0.529. The minimum Gasteiger partial charge on any atom is -0.479 e. The van der Waals surface area contributed by atoms with Crippen LogP contribution in [0.4, 0.5) is 16.2 Å². The number of hydrogen-bond acceptors (Lipinski definition) is 4. The predicted molar refractivity (Wildman–Crippen MR) is 92.4 cm³/mol. The first-order valence-electron chi connectivity index (χ1n) is 8.25. The topological polar surface area (TPSA) is 102 Å². The van der Waals surface area contributed by atoms with Crippen LogP contribution in [0.1, 0.15) is 32.6 Å². The van der Waals surface area contributed by atoms with Crippen LogP contribution in [-0.4, -0.2) is 47.4 Å². The van der Waals surface area contributed by atoms with Crippen molar-refractivity contribution in [1.29, 1.82) is 0 Å². The number of anilines is 2. The van der Waals surface area contributed by atoms with Gasteiger partial charge in [0.15, 0.2) is 5.60 Å². The fourth-order valence-electron chi connectivity index (χ4n) is 2.66. The predicted octanol–water partition coefficient (Wildman–Crippen LogP) is 2.02. The molecule has 1 unspecified atom stereocenters. The molecule has 2 amide bonds. The smallest absolute Gasteiger partial charge is 0.337 e. The normalized spacial score (nSPS) is 17.5. The molecule has 0 saturated carbocycles. The van der Waals surface area contributed by atoms with E-state index in [1.807, 2.05) is 24.3 Å². The van der Waals surface area contributed by atoms with Crippen LogP contribution in [0.15, 0.2) is 24.3 Å². The van der Waals surface area contributed by atoms with Crippen molar-refractivity contribution in [2.45, 2.75) is 38.2 Å². The molecule has 1 atom stereocenters. The van der Waals surface area contributed by atoms with Crippen LogP contribution >= 0.6 is 0 Å². The number of nitrogens with one attached hydrogen (secondary N) is 2. The monoisotopic (exact) mass is 335 g/mol.